The Bertz CT molecular complexity index is 714. The molecule has 2 rings (SSSR count). The second kappa shape index (κ2) is 7.32. The van der Waals surface area contributed by atoms with E-state index < -0.39 is 5.91 Å². The van der Waals surface area contributed by atoms with E-state index in [4.69, 9.17) is 16.9 Å². The average Bonchev–Trinajstić information content (AvgIpc) is 2.53. The topological polar surface area (TPSA) is 64.9 Å². The smallest absolute Gasteiger partial charge is 0.263 e. The van der Waals surface area contributed by atoms with Crippen molar-refractivity contribution >= 4 is 34.0 Å². The van der Waals surface area contributed by atoms with Gasteiger partial charge in [-0.2, -0.15) is 5.26 Å². The van der Waals surface area contributed by atoms with Crippen molar-refractivity contribution in [1.29, 1.82) is 5.26 Å². The zero-order valence-electron chi connectivity index (χ0n) is 11.3. The van der Waals surface area contributed by atoms with E-state index in [1.54, 1.807) is 0 Å². The first kappa shape index (κ1) is 14.9. The summed E-state index contributed by atoms with van der Waals surface area (Å²) in [6.45, 7) is 0.327. The predicted molar refractivity (Wildman–Crippen MR) is 85.0 cm³/mol. The fourth-order valence-electron chi connectivity index (χ4n) is 1.91. The summed E-state index contributed by atoms with van der Waals surface area (Å²) < 4.78 is 0. The van der Waals surface area contributed by atoms with Crippen LogP contribution >= 0.6 is 11.6 Å². The number of hydrogen-bond donors (Lipinski definition) is 2. The summed E-state index contributed by atoms with van der Waals surface area (Å²) in [5.41, 5.74) is 0.846. The summed E-state index contributed by atoms with van der Waals surface area (Å²) in [5, 5.41) is 16.7. The van der Waals surface area contributed by atoms with Crippen molar-refractivity contribution in [2.45, 2.75) is 0 Å². The molecule has 0 fully saturated rings. The third-order valence-electron chi connectivity index (χ3n) is 2.91. The number of nitrogens with one attached hydrogen (secondary N) is 2. The fourth-order valence-corrected chi connectivity index (χ4v) is 2.00. The molecule has 0 aromatic heterocycles. The summed E-state index contributed by atoms with van der Waals surface area (Å²) in [4.78, 5) is 11.7. The van der Waals surface area contributed by atoms with Gasteiger partial charge in [0.25, 0.3) is 5.91 Å². The number of rotatable bonds is 5. The number of carbonyl (C=O) groups is 1. The van der Waals surface area contributed by atoms with Crippen molar-refractivity contribution in [3.05, 3.63) is 54.2 Å². The lowest BCUT2D eigenvalue weighted by Gasteiger charge is -2.07. The molecule has 0 atom stereocenters. The Hall–Kier alpha value is -2.51. The van der Waals surface area contributed by atoms with Gasteiger partial charge in [0, 0.05) is 29.7 Å². The Labute approximate surface area is 128 Å². The second-order valence-corrected chi connectivity index (χ2v) is 4.66. The molecule has 2 aromatic carbocycles. The Morgan fingerprint density at radius 1 is 1.24 bits per heavy atom. The van der Waals surface area contributed by atoms with Crippen LogP contribution in [0.4, 0.5) is 5.69 Å². The van der Waals surface area contributed by atoms with Gasteiger partial charge in [-0.15, -0.1) is 11.6 Å². The molecule has 106 valence electrons. The van der Waals surface area contributed by atoms with Gasteiger partial charge in [0.2, 0.25) is 0 Å². The minimum atomic E-state index is -0.439. The summed E-state index contributed by atoms with van der Waals surface area (Å²) in [6.07, 6.45) is 1.41. The molecule has 0 aliphatic rings. The third kappa shape index (κ3) is 3.74. The van der Waals surface area contributed by atoms with Crippen LogP contribution in [0.2, 0.25) is 0 Å². The van der Waals surface area contributed by atoms with E-state index in [1.165, 1.54) is 6.20 Å². The lowest BCUT2D eigenvalue weighted by atomic mass is 10.1. The van der Waals surface area contributed by atoms with E-state index in [-0.39, 0.29) is 5.57 Å². The third-order valence-corrected chi connectivity index (χ3v) is 3.10. The highest BCUT2D eigenvalue weighted by Gasteiger charge is 2.07. The van der Waals surface area contributed by atoms with Gasteiger partial charge in [-0.1, -0.05) is 36.4 Å². The number of hydrogen-bond acceptors (Lipinski definition) is 3. The standard InChI is InChI=1S/C16H14ClN3O/c17-8-9-19-16(21)13(10-18)11-20-15-7-3-5-12-4-1-2-6-14(12)15/h1-7,11,20H,8-9H2,(H,19,21)/b13-11-. The largest absolute Gasteiger partial charge is 0.360 e. The number of nitriles is 1. The normalized spacial score (nSPS) is 11.0. The number of benzene rings is 2. The Morgan fingerprint density at radius 3 is 2.76 bits per heavy atom. The maximum atomic E-state index is 11.7. The van der Waals surface area contributed by atoms with Gasteiger partial charge in [-0.3, -0.25) is 4.79 Å². The van der Waals surface area contributed by atoms with E-state index >= 15 is 0 Å². The zero-order valence-corrected chi connectivity index (χ0v) is 12.0. The number of alkyl halides is 1. The molecule has 0 unspecified atom stereocenters. The molecule has 0 aliphatic carbocycles. The van der Waals surface area contributed by atoms with Crippen LogP contribution < -0.4 is 10.6 Å². The quantitative estimate of drug-likeness (QED) is 0.507. The van der Waals surface area contributed by atoms with Crippen LogP contribution in [0, 0.1) is 11.3 Å². The SMILES string of the molecule is N#C/C(=C/Nc1cccc2ccccc12)C(=O)NCCCl. The Morgan fingerprint density at radius 2 is 2.00 bits per heavy atom. The van der Waals surface area contributed by atoms with Crippen LogP contribution in [0.15, 0.2) is 54.2 Å². The van der Waals surface area contributed by atoms with Gasteiger partial charge in [-0.25, -0.2) is 0 Å². The lowest BCUT2D eigenvalue weighted by molar-refractivity contribution is -0.117. The van der Waals surface area contributed by atoms with Gasteiger partial charge < -0.3 is 10.6 Å². The van der Waals surface area contributed by atoms with Gasteiger partial charge in [-0.05, 0) is 11.5 Å². The monoisotopic (exact) mass is 299 g/mol. The Balaban J connectivity index is 2.21. The van der Waals surface area contributed by atoms with Gasteiger partial charge in [0.15, 0.2) is 0 Å². The molecule has 21 heavy (non-hydrogen) atoms. The van der Waals surface area contributed by atoms with Crippen molar-refractivity contribution in [2.24, 2.45) is 0 Å². The molecule has 2 N–H and O–H groups in total. The van der Waals surface area contributed by atoms with E-state index in [9.17, 15) is 4.79 Å². The number of fused-ring (bicyclic) bond motifs is 1. The predicted octanol–water partition coefficient (Wildman–Crippen LogP) is 3.01. The molecule has 0 saturated heterocycles. The van der Waals surface area contributed by atoms with Crippen LogP contribution in [-0.4, -0.2) is 18.3 Å². The number of amides is 1. The molecular formula is C16H14ClN3O. The number of anilines is 1. The van der Waals surface area contributed by atoms with Crippen molar-refractivity contribution in [1.82, 2.24) is 5.32 Å². The molecule has 0 aliphatic heterocycles. The summed E-state index contributed by atoms with van der Waals surface area (Å²) >= 11 is 5.50. The van der Waals surface area contributed by atoms with Crippen LogP contribution in [-0.2, 0) is 4.79 Å². The first-order chi connectivity index (χ1) is 10.3. The molecule has 0 radical (unpaired) electrons. The molecule has 4 nitrogen and oxygen atoms in total. The minimum absolute atomic E-state index is 0.00745. The average molecular weight is 300 g/mol. The highest BCUT2D eigenvalue weighted by molar-refractivity contribution is 6.18. The molecule has 0 saturated carbocycles. The van der Waals surface area contributed by atoms with Crippen LogP contribution in [0.3, 0.4) is 0 Å². The van der Waals surface area contributed by atoms with Crippen LogP contribution in [0.1, 0.15) is 0 Å². The first-order valence-corrected chi connectivity index (χ1v) is 6.98. The summed E-state index contributed by atoms with van der Waals surface area (Å²) in [5.74, 6) is -0.132. The van der Waals surface area contributed by atoms with Gasteiger partial charge in [0.1, 0.15) is 11.6 Å². The molecule has 0 spiro atoms. The van der Waals surface area contributed by atoms with E-state index in [2.05, 4.69) is 10.6 Å². The van der Waals surface area contributed by atoms with Crippen LogP contribution in [0.5, 0.6) is 0 Å². The first-order valence-electron chi connectivity index (χ1n) is 6.45. The summed E-state index contributed by atoms with van der Waals surface area (Å²) in [6, 6.07) is 15.6. The highest BCUT2D eigenvalue weighted by Crippen LogP contribution is 2.23. The number of nitrogens with zero attached hydrogens (tertiary/aromatic N) is 1. The number of carbonyl (C=O) groups excluding carboxylic acids is 1. The summed E-state index contributed by atoms with van der Waals surface area (Å²) in [7, 11) is 0. The van der Waals surface area contributed by atoms with E-state index in [0.29, 0.717) is 12.4 Å². The zero-order chi connectivity index (χ0) is 15.1. The van der Waals surface area contributed by atoms with Crippen molar-refractivity contribution < 1.29 is 4.79 Å². The molecule has 2 aromatic rings. The lowest BCUT2D eigenvalue weighted by Crippen LogP contribution is -2.26. The maximum absolute atomic E-state index is 11.7. The van der Waals surface area contributed by atoms with Crippen molar-refractivity contribution in [2.75, 3.05) is 17.7 Å². The van der Waals surface area contributed by atoms with Crippen molar-refractivity contribution in [3.63, 3.8) is 0 Å². The highest BCUT2D eigenvalue weighted by atomic mass is 35.5. The van der Waals surface area contributed by atoms with E-state index in [1.807, 2.05) is 48.5 Å². The van der Waals surface area contributed by atoms with Gasteiger partial charge >= 0.3 is 0 Å². The molecular weight excluding hydrogens is 286 g/mol. The molecule has 1 amide bonds. The molecule has 0 bridgehead atoms. The molecule has 0 heterocycles. The maximum Gasteiger partial charge on any atom is 0.263 e. The van der Waals surface area contributed by atoms with Gasteiger partial charge in [0.05, 0.1) is 0 Å². The molecule has 5 heteroatoms. The van der Waals surface area contributed by atoms with E-state index in [0.717, 1.165) is 16.5 Å². The second-order valence-electron chi connectivity index (χ2n) is 4.29. The number of halogens is 1. The minimum Gasteiger partial charge on any atom is -0.360 e. The van der Waals surface area contributed by atoms with Crippen molar-refractivity contribution in [3.8, 4) is 6.07 Å². The fraction of sp³-hybridized carbons (Fsp3) is 0.125. The van der Waals surface area contributed by atoms with Crippen LogP contribution in [0.25, 0.3) is 10.8 Å². The Kier molecular flexibility index (Phi) is 5.19.